The van der Waals surface area contributed by atoms with Crippen LogP contribution < -0.4 is 10.5 Å². The van der Waals surface area contributed by atoms with Crippen molar-refractivity contribution in [3.8, 4) is 5.75 Å². The molecule has 1 rings (SSSR count). The molecule has 0 aliphatic carbocycles. The van der Waals surface area contributed by atoms with Crippen molar-refractivity contribution in [3.63, 3.8) is 0 Å². The van der Waals surface area contributed by atoms with Gasteiger partial charge in [-0.25, -0.2) is 0 Å². The molecule has 1 aromatic carbocycles. The zero-order valence-corrected chi connectivity index (χ0v) is 12.0. The van der Waals surface area contributed by atoms with E-state index in [1.807, 2.05) is 0 Å². The number of methoxy groups -OCH3 is 1. The maximum atomic E-state index is 11.2. The number of hydrogen-bond acceptors (Lipinski definition) is 6. The molecule has 0 spiro atoms. The Labute approximate surface area is 122 Å². The molecule has 2 N–H and O–H groups in total. The van der Waals surface area contributed by atoms with Gasteiger partial charge in [0.2, 0.25) is 5.91 Å². The Morgan fingerprint density at radius 3 is 2.65 bits per heavy atom. The highest BCUT2D eigenvalue weighted by atomic mass is 79.9. The lowest BCUT2D eigenvalue weighted by Crippen LogP contribution is -2.23. The predicted octanol–water partition coefficient (Wildman–Crippen LogP) is 1.01. The van der Waals surface area contributed by atoms with Crippen LogP contribution in [-0.2, 0) is 9.53 Å². The second kappa shape index (κ2) is 6.85. The quantitative estimate of drug-likeness (QED) is 0.355. The lowest BCUT2D eigenvalue weighted by Gasteiger charge is -2.10. The molecule has 0 saturated heterocycles. The highest BCUT2D eigenvalue weighted by molar-refractivity contribution is 9.10. The van der Waals surface area contributed by atoms with Crippen LogP contribution in [0.2, 0.25) is 0 Å². The molecule has 0 saturated carbocycles. The molecule has 108 valence electrons. The van der Waals surface area contributed by atoms with Gasteiger partial charge >= 0.3 is 11.7 Å². The Balaban J connectivity index is 2.92. The molecule has 0 aromatic heterocycles. The van der Waals surface area contributed by atoms with E-state index in [4.69, 9.17) is 10.5 Å². The number of hydrogen-bond donors (Lipinski definition) is 1. The van der Waals surface area contributed by atoms with Gasteiger partial charge in [-0.2, -0.15) is 0 Å². The molecule has 0 heterocycles. The normalized spacial score (nSPS) is 11.5. The monoisotopic (exact) mass is 346 g/mol. The van der Waals surface area contributed by atoms with Gasteiger partial charge < -0.3 is 15.2 Å². The van der Waals surface area contributed by atoms with Crippen molar-refractivity contribution >= 4 is 33.5 Å². The minimum absolute atomic E-state index is 0.00703. The first kappa shape index (κ1) is 15.9. The van der Waals surface area contributed by atoms with Crippen LogP contribution in [0.5, 0.6) is 5.75 Å². The van der Waals surface area contributed by atoms with Crippen LogP contribution in [-0.4, -0.2) is 35.3 Å². The fourth-order valence-electron chi connectivity index (χ4n) is 1.29. The number of amides is 1. The Kier molecular flexibility index (Phi) is 5.44. The minimum atomic E-state index is -0.785. The summed E-state index contributed by atoms with van der Waals surface area (Å²) < 4.78 is 9.64. The van der Waals surface area contributed by atoms with E-state index in [2.05, 4.69) is 20.7 Å². The summed E-state index contributed by atoms with van der Waals surface area (Å²) in [6.45, 7) is -0.163. The number of esters is 1. The number of alkyl halides is 1. The van der Waals surface area contributed by atoms with E-state index in [1.165, 1.54) is 19.2 Å². The van der Waals surface area contributed by atoms with Crippen molar-refractivity contribution in [1.29, 1.82) is 0 Å². The lowest BCUT2D eigenvalue weighted by molar-refractivity contribution is -0.385. The van der Waals surface area contributed by atoms with Crippen LogP contribution in [0.4, 0.5) is 5.69 Å². The molecule has 0 bridgehead atoms. The second-order valence-corrected chi connectivity index (χ2v) is 4.71. The minimum Gasteiger partial charge on any atom is -0.485 e. The number of carbonyl (C=O) groups excluding carboxylic acids is 2. The maximum absolute atomic E-state index is 11.2. The van der Waals surface area contributed by atoms with E-state index in [9.17, 15) is 19.7 Å². The number of nitrogens with two attached hydrogens (primary N) is 1. The van der Waals surface area contributed by atoms with Gasteiger partial charge in [0.15, 0.2) is 5.75 Å². The van der Waals surface area contributed by atoms with Gasteiger partial charge in [0.05, 0.1) is 12.0 Å². The van der Waals surface area contributed by atoms with Crippen LogP contribution in [0.25, 0.3) is 0 Å². The Hall–Kier alpha value is -2.16. The number of nitro groups is 1. The van der Waals surface area contributed by atoms with E-state index in [0.717, 1.165) is 6.07 Å². The largest absolute Gasteiger partial charge is 0.485 e. The Bertz CT molecular complexity index is 548. The highest BCUT2D eigenvalue weighted by Gasteiger charge is 2.21. The molecule has 1 unspecified atom stereocenters. The molecule has 1 amide bonds. The van der Waals surface area contributed by atoms with Gasteiger partial charge in [-0.15, -0.1) is 0 Å². The first-order valence-corrected chi connectivity index (χ1v) is 6.21. The molecule has 20 heavy (non-hydrogen) atoms. The summed E-state index contributed by atoms with van der Waals surface area (Å²) in [6, 6.07) is 3.56. The van der Waals surface area contributed by atoms with Crippen molar-refractivity contribution in [1.82, 2.24) is 0 Å². The van der Waals surface area contributed by atoms with Crippen molar-refractivity contribution < 1.29 is 24.0 Å². The van der Waals surface area contributed by atoms with Gasteiger partial charge in [-0.1, -0.05) is 15.9 Å². The highest BCUT2D eigenvalue weighted by Crippen LogP contribution is 2.28. The number of carbonyl (C=O) groups is 2. The number of rotatable bonds is 6. The smallest absolute Gasteiger partial charge is 0.322 e. The van der Waals surface area contributed by atoms with Crippen LogP contribution in [0.1, 0.15) is 10.4 Å². The molecule has 1 aromatic rings. The summed E-state index contributed by atoms with van der Waals surface area (Å²) >= 11 is 3.02. The number of primary amides is 1. The van der Waals surface area contributed by atoms with Crippen molar-refractivity contribution in [2.45, 2.75) is 4.83 Å². The fourth-order valence-corrected chi connectivity index (χ4v) is 1.61. The number of ether oxygens (including phenoxy) is 2. The standard InChI is InChI=1S/C11H11BrN2O6/c1-19-11(16)7(12)5-20-9-3-2-6(10(13)15)4-8(9)14(17)18/h2-4,7H,5H2,1H3,(H2,13,15). The first-order valence-electron chi connectivity index (χ1n) is 5.29. The number of nitrogens with zero attached hydrogens (tertiary/aromatic N) is 1. The molecule has 9 heteroatoms. The lowest BCUT2D eigenvalue weighted by atomic mass is 10.2. The molecule has 0 radical (unpaired) electrons. The third-order valence-electron chi connectivity index (χ3n) is 2.28. The molecular formula is C11H11BrN2O6. The average molecular weight is 347 g/mol. The summed E-state index contributed by atoms with van der Waals surface area (Å²) in [5.41, 5.74) is 4.62. The summed E-state index contributed by atoms with van der Waals surface area (Å²) in [7, 11) is 1.21. The van der Waals surface area contributed by atoms with E-state index in [-0.39, 0.29) is 17.9 Å². The molecular weight excluding hydrogens is 336 g/mol. The molecule has 1 atom stereocenters. The zero-order valence-electron chi connectivity index (χ0n) is 10.4. The first-order chi connectivity index (χ1) is 9.36. The zero-order chi connectivity index (χ0) is 15.3. The third-order valence-corrected chi connectivity index (χ3v) is 2.92. The number of nitro benzene ring substituents is 1. The van der Waals surface area contributed by atoms with Gasteiger partial charge in [-0.05, 0) is 12.1 Å². The number of benzene rings is 1. The molecule has 0 fully saturated rings. The van der Waals surface area contributed by atoms with Gasteiger partial charge in [0, 0.05) is 11.6 Å². The molecule has 8 nitrogen and oxygen atoms in total. The van der Waals surface area contributed by atoms with Crippen LogP contribution in [0, 0.1) is 10.1 Å². The van der Waals surface area contributed by atoms with Gasteiger partial charge in [0.25, 0.3) is 0 Å². The number of halogens is 1. The summed E-state index contributed by atoms with van der Waals surface area (Å²) in [4.78, 5) is 31.6. The van der Waals surface area contributed by atoms with Crippen LogP contribution >= 0.6 is 15.9 Å². The van der Waals surface area contributed by atoms with Crippen molar-refractivity contribution in [2.24, 2.45) is 5.73 Å². The SMILES string of the molecule is COC(=O)C(Br)COc1ccc(C(N)=O)cc1[N+](=O)[O-]. The average Bonchev–Trinajstić information content (AvgIpc) is 2.43. The molecule has 0 aliphatic rings. The molecule has 0 aliphatic heterocycles. The summed E-state index contributed by atoms with van der Waals surface area (Å²) in [5.74, 6) is -1.43. The van der Waals surface area contributed by atoms with Crippen molar-refractivity contribution in [3.05, 3.63) is 33.9 Å². The maximum Gasteiger partial charge on any atom is 0.322 e. The Morgan fingerprint density at radius 1 is 1.50 bits per heavy atom. The van der Waals surface area contributed by atoms with E-state index in [1.54, 1.807) is 0 Å². The second-order valence-electron chi connectivity index (χ2n) is 3.61. The predicted molar refractivity (Wildman–Crippen MR) is 71.8 cm³/mol. The summed E-state index contributed by atoms with van der Waals surface area (Å²) in [6.07, 6.45) is 0. The van der Waals surface area contributed by atoms with Crippen LogP contribution in [0.15, 0.2) is 18.2 Å². The third kappa shape index (κ3) is 3.92. The topological polar surface area (TPSA) is 122 Å². The van der Waals surface area contributed by atoms with E-state index in [0.29, 0.717) is 0 Å². The van der Waals surface area contributed by atoms with Gasteiger partial charge in [0.1, 0.15) is 11.4 Å². The van der Waals surface area contributed by atoms with Crippen molar-refractivity contribution in [2.75, 3.05) is 13.7 Å². The fraction of sp³-hybridized carbons (Fsp3) is 0.273. The van der Waals surface area contributed by atoms with E-state index < -0.39 is 27.3 Å². The van der Waals surface area contributed by atoms with Crippen LogP contribution in [0.3, 0.4) is 0 Å². The summed E-state index contributed by atoms with van der Waals surface area (Å²) in [5, 5.41) is 10.9. The van der Waals surface area contributed by atoms with Gasteiger partial charge in [-0.3, -0.25) is 19.7 Å². The Morgan fingerprint density at radius 2 is 2.15 bits per heavy atom. The van der Waals surface area contributed by atoms with E-state index >= 15 is 0 Å².